The fourth-order valence-electron chi connectivity index (χ4n) is 0.594. The fourth-order valence-corrected chi connectivity index (χ4v) is 1.52. The molecule has 1 heterocycles. The monoisotopic (exact) mass is 207 g/mol. The Balaban J connectivity index is 2.29. The highest BCUT2D eigenvalue weighted by atomic mass is 32.2. The smallest absolute Gasteiger partial charge is 0.202 e. The molecule has 0 aromatic carbocycles. The summed E-state index contributed by atoms with van der Waals surface area (Å²) in [7, 11) is -2.88. The van der Waals surface area contributed by atoms with Crippen LogP contribution in [0.3, 0.4) is 0 Å². The molecule has 0 aliphatic carbocycles. The lowest BCUT2D eigenvalue weighted by atomic mass is 10.7. The molecule has 0 spiro atoms. The average molecular weight is 207 g/mol. The highest BCUT2D eigenvalue weighted by molar-refractivity contribution is 7.90. The van der Waals surface area contributed by atoms with E-state index < -0.39 is 9.84 Å². The van der Waals surface area contributed by atoms with Gasteiger partial charge in [0.1, 0.15) is 16.2 Å². The zero-order valence-corrected chi connectivity index (χ0v) is 8.15. The van der Waals surface area contributed by atoms with Crippen LogP contribution in [0.25, 0.3) is 0 Å². The van der Waals surface area contributed by atoms with Crippen molar-refractivity contribution in [3.05, 3.63) is 6.33 Å². The van der Waals surface area contributed by atoms with E-state index in [1.807, 2.05) is 0 Å². The van der Waals surface area contributed by atoms with Gasteiger partial charge in [-0.3, -0.25) is 0 Å². The molecule has 0 atom stereocenters. The minimum Gasteiger partial charge on any atom is -0.359 e. The van der Waals surface area contributed by atoms with Gasteiger partial charge in [0.2, 0.25) is 5.13 Å². The lowest BCUT2D eigenvalue weighted by molar-refractivity contribution is 0.602. The van der Waals surface area contributed by atoms with Gasteiger partial charge in [-0.15, -0.1) is 0 Å². The van der Waals surface area contributed by atoms with Crippen molar-refractivity contribution in [2.24, 2.45) is 0 Å². The van der Waals surface area contributed by atoms with Crippen LogP contribution >= 0.6 is 11.5 Å². The Morgan fingerprint density at radius 2 is 2.42 bits per heavy atom. The Hall–Kier alpha value is -0.690. The largest absolute Gasteiger partial charge is 0.359 e. The maximum atomic E-state index is 10.7. The topological polar surface area (TPSA) is 72.0 Å². The average Bonchev–Trinajstić information content (AvgIpc) is 2.36. The summed E-state index contributed by atoms with van der Waals surface area (Å²) in [5, 5.41) is 3.50. The Morgan fingerprint density at radius 1 is 1.67 bits per heavy atom. The van der Waals surface area contributed by atoms with Gasteiger partial charge in [-0.25, -0.2) is 13.4 Å². The molecule has 0 radical (unpaired) electrons. The molecule has 5 nitrogen and oxygen atoms in total. The van der Waals surface area contributed by atoms with Crippen LogP contribution in [0.1, 0.15) is 0 Å². The molecule has 0 aliphatic heterocycles. The molecule has 1 aromatic rings. The van der Waals surface area contributed by atoms with Crippen molar-refractivity contribution < 1.29 is 8.42 Å². The summed E-state index contributed by atoms with van der Waals surface area (Å²) >= 11 is 1.21. The Labute approximate surface area is 74.9 Å². The Morgan fingerprint density at radius 3 is 2.92 bits per heavy atom. The van der Waals surface area contributed by atoms with Crippen LogP contribution in [0.2, 0.25) is 0 Å². The molecule has 0 saturated carbocycles. The number of aromatic nitrogens is 2. The number of sulfone groups is 1. The number of nitrogens with zero attached hydrogens (tertiary/aromatic N) is 2. The van der Waals surface area contributed by atoms with Gasteiger partial charge in [-0.1, -0.05) is 0 Å². The summed E-state index contributed by atoms with van der Waals surface area (Å²) in [4.78, 5) is 3.84. The van der Waals surface area contributed by atoms with Crippen LogP contribution in [0, 0.1) is 0 Å². The van der Waals surface area contributed by atoms with Gasteiger partial charge >= 0.3 is 0 Å². The van der Waals surface area contributed by atoms with E-state index in [4.69, 9.17) is 0 Å². The van der Waals surface area contributed by atoms with Crippen LogP contribution in [-0.2, 0) is 9.84 Å². The van der Waals surface area contributed by atoms with Crippen molar-refractivity contribution in [3.8, 4) is 0 Å². The molecular formula is C5H9N3O2S2. The summed E-state index contributed by atoms with van der Waals surface area (Å²) in [6.07, 6.45) is 2.63. The first-order valence-corrected chi connectivity index (χ1v) is 6.09. The molecular weight excluding hydrogens is 198 g/mol. The quantitative estimate of drug-likeness (QED) is 0.752. The highest BCUT2D eigenvalue weighted by Crippen LogP contribution is 2.05. The minimum atomic E-state index is -2.88. The van der Waals surface area contributed by atoms with Crippen molar-refractivity contribution >= 4 is 26.5 Å². The van der Waals surface area contributed by atoms with E-state index in [0.29, 0.717) is 11.7 Å². The van der Waals surface area contributed by atoms with Crippen LogP contribution in [0.15, 0.2) is 6.33 Å². The number of rotatable bonds is 4. The van der Waals surface area contributed by atoms with Gasteiger partial charge in [-0.05, 0) is 0 Å². The molecule has 0 saturated heterocycles. The van der Waals surface area contributed by atoms with Gasteiger partial charge < -0.3 is 5.32 Å². The van der Waals surface area contributed by atoms with E-state index >= 15 is 0 Å². The first-order valence-electron chi connectivity index (χ1n) is 3.26. The van der Waals surface area contributed by atoms with Crippen molar-refractivity contribution in [2.45, 2.75) is 0 Å². The number of anilines is 1. The molecule has 0 fully saturated rings. The van der Waals surface area contributed by atoms with Crippen LogP contribution in [0.4, 0.5) is 5.13 Å². The van der Waals surface area contributed by atoms with Crippen molar-refractivity contribution in [1.82, 2.24) is 9.36 Å². The van der Waals surface area contributed by atoms with Crippen molar-refractivity contribution in [3.63, 3.8) is 0 Å². The summed E-state index contributed by atoms with van der Waals surface area (Å²) < 4.78 is 25.1. The molecule has 12 heavy (non-hydrogen) atoms. The molecule has 0 unspecified atom stereocenters. The molecule has 0 bridgehead atoms. The summed E-state index contributed by atoms with van der Waals surface area (Å²) in [6, 6.07) is 0. The van der Waals surface area contributed by atoms with Crippen LogP contribution in [-0.4, -0.2) is 36.3 Å². The third-order valence-electron chi connectivity index (χ3n) is 1.11. The molecule has 68 valence electrons. The molecule has 1 aromatic heterocycles. The van der Waals surface area contributed by atoms with E-state index in [9.17, 15) is 8.42 Å². The predicted octanol–water partition coefficient (Wildman–Crippen LogP) is -0.00540. The lowest BCUT2D eigenvalue weighted by Gasteiger charge is -1.98. The molecule has 1 rings (SSSR count). The third kappa shape index (κ3) is 3.63. The van der Waals surface area contributed by atoms with E-state index in [1.165, 1.54) is 24.1 Å². The molecule has 7 heteroatoms. The van der Waals surface area contributed by atoms with E-state index in [-0.39, 0.29) is 5.75 Å². The number of nitrogens with one attached hydrogen (secondary N) is 1. The highest BCUT2D eigenvalue weighted by Gasteiger charge is 2.01. The number of hydrogen-bond acceptors (Lipinski definition) is 6. The standard InChI is InChI=1S/C5H9N3O2S2/c1-12(9,10)3-2-6-5-7-4-8-11-5/h4H,2-3H2,1H3,(H,6,7,8). The first kappa shape index (κ1) is 9.40. The first-order chi connectivity index (χ1) is 5.58. The summed E-state index contributed by atoms with van der Waals surface area (Å²) in [5.74, 6) is 0.118. The van der Waals surface area contributed by atoms with Crippen molar-refractivity contribution in [1.29, 1.82) is 0 Å². The molecule has 0 aliphatic rings. The zero-order chi connectivity index (χ0) is 9.03. The normalized spacial score (nSPS) is 11.4. The van der Waals surface area contributed by atoms with Crippen molar-refractivity contribution in [2.75, 3.05) is 23.9 Å². The SMILES string of the molecule is CS(=O)(=O)CCNc1ncns1. The second-order valence-electron chi connectivity index (χ2n) is 2.30. The fraction of sp³-hybridized carbons (Fsp3) is 0.600. The third-order valence-corrected chi connectivity index (χ3v) is 2.68. The van der Waals surface area contributed by atoms with Crippen LogP contribution < -0.4 is 5.32 Å². The number of hydrogen-bond donors (Lipinski definition) is 1. The van der Waals surface area contributed by atoms with E-state index in [1.54, 1.807) is 0 Å². The maximum Gasteiger partial charge on any atom is 0.202 e. The summed E-state index contributed by atoms with van der Waals surface area (Å²) in [6.45, 7) is 0.383. The molecule has 1 N–H and O–H groups in total. The lowest BCUT2D eigenvalue weighted by Crippen LogP contribution is -2.13. The second-order valence-corrected chi connectivity index (χ2v) is 5.34. The molecule has 0 amide bonds. The van der Waals surface area contributed by atoms with Gasteiger partial charge in [0, 0.05) is 24.3 Å². The Bertz CT molecular complexity index is 318. The summed E-state index contributed by atoms with van der Waals surface area (Å²) in [5.41, 5.74) is 0. The second kappa shape index (κ2) is 3.81. The predicted molar refractivity (Wildman–Crippen MR) is 48.1 cm³/mol. The minimum absolute atomic E-state index is 0.118. The van der Waals surface area contributed by atoms with E-state index in [2.05, 4.69) is 14.7 Å². The van der Waals surface area contributed by atoms with Gasteiger partial charge in [0.05, 0.1) is 5.75 Å². The zero-order valence-electron chi connectivity index (χ0n) is 6.52. The Kier molecular flexibility index (Phi) is 2.99. The maximum absolute atomic E-state index is 10.7. The van der Waals surface area contributed by atoms with Gasteiger partial charge in [-0.2, -0.15) is 4.37 Å². The van der Waals surface area contributed by atoms with E-state index in [0.717, 1.165) is 0 Å². The van der Waals surface area contributed by atoms with Crippen LogP contribution in [0.5, 0.6) is 0 Å². The van der Waals surface area contributed by atoms with Gasteiger partial charge in [0.15, 0.2) is 0 Å². The van der Waals surface area contributed by atoms with Gasteiger partial charge in [0.25, 0.3) is 0 Å².